The van der Waals surface area contributed by atoms with E-state index in [4.69, 9.17) is 0 Å². The fourth-order valence-electron chi connectivity index (χ4n) is 2.32. The largest absolute Gasteiger partial charge is 0.246 e. The van der Waals surface area contributed by atoms with Crippen LogP contribution in [-0.2, 0) is 20.0 Å². The van der Waals surface area contributed by atoms with Gasteiger partial charge in [-0.05, 0) is 31.5 Å². The van der Waals surface area contributed by atoms with Gasteiger partial charge in [0.25, 0.3) is 0 Å². The molecule has 9 heteroatoms. The molecule has 22 heavy (non-hydrogen) atoms. The molecule has 0 aromatic heterocycles. The van der Waals surface area contributed by atoms with Crippen LogP contribution in [-0.4, -0.2) is 57.4 Å². The number of piperazine rings is 1. The van der Waals surface area contributed by atoms with E-state index in [1.54, 1.807) is 13.8 Å². The average molecular weight is 350 g/mol. The summed E-state index contributed by atoms with van der Waals surface area (Å²) in [6.07, 6.45) is 0. The predicted octanol–water partition coefficient (Wildman–Crippen LogP) is 0.790. The van der Waals surface area contributed by atoms with Crippen molar-refractivity contribution >= 4 is 20.0 Å². The minimum atomic E-state index is -3.95. The van der Waals surface area contributed by atoms with Crippen molar-refractivity contribution in [1.29, 1.82) is 0 Å². The zero-order valence-electron chi connectivity index (χ0n) is 12.5. The summed E-state index contributed by atoms with van der Waals surface area (Å²) in [5.74, 6) is -0.819. The first kappa shape index (κ1) is 17.3. The fourth-order valence-corrected chi connectivity index (χ4v) is 4.97. The minimum Gasteiger partial charge on any atom is -0.212 e. The molecule has 1 aromatic carbocycles. The van der Waals surface area contributed by atoms with Crippen molar-refractivity contribution in [3.05, 3.63) is 29.6 Å². The van der Waals surface area contributed by atoms with E-state index >= 15 is 0 Å². The van der Waals surface area contributed by atoms with Gasteiger partial charge < -0.3 is 0 Å². The maximum absolute atomic E-state index is 13.8. The standard InChI is InChI=1S/C13H19FN2O4S2/c1-3-21(17,18)15-6-8-16(9-7-15)22(19,20)13-10-11(2)4-5-12(13)14/h4-5,10H,3,6-9H2,1-2H3. The quantitative estimate of drug-likeness (QED) is 0.805. The van der Waals surface area contributed by atoms with E-state index in [0.717, 1.165) is 10.4 Å². The molecule has 124 valence electrons. The molecule has 6 nitrogen and oxygen atoms in total. The van der Waals surface area contributed by atoms with Crippen LogP contribution in [0.25, 0.3) is 0 Å². The third-order valence-corrected chi connectivity index (χ3v) is 7.46. The number of sulfonamides is 2. The molecule has 1 aliphatic rings. The molecule has 0 bridgehead atoms. The van der Waals surface area contributed by atoms with E-state index < -0.39 is 25.9 Å². The lowest BCUT2D eigenvalue weighted by atomic mass is 10.2. The highest BCUT2D eigenvalue weighted by atomic mass is 32.2. The first-order valence-electron chi connectivity index (χ1n) is 6.92. The van der Waals surface area contributed by atoms with Crippen molar-refractivity contribution in [2.24, 2.45) is 0 Å². The summed E-state index contributed by atoms with van der Waals surface area (Å²) in [5.41, 5.74) is 0.646. The summed E-state index contributed by atoms with van der Waals surface area (Å²) in [4.78, 5) is -0.362. The predicted molar refractivity (Wildman–Crippen MR) is 80.9 cm³/mol. The molecule has 0 amide bonds. The lowest BCUT2D eigenvalue weighted by Gasteiger charge is -2.33. The number of hydrogen-bond donors (Lipinski definition) is 0. The first-order chi connectivity index (χ1) is 10.2. The van der Waals surface area contributed by atoms with E-state index in [9.17, 15) is 21.2 Å². The molecule has 1 fully saturated rings. The third-order valence-electron chi connectivity index (χ3n) is 3.66. The van der Waals surface area contributed by atoms with Crippen LogP contribution >= 0.6 is 0 Å². The van der Waals surface area contributed by atoms with E-state index in [-0.39, 0.29) is 36.8 Å². The van der Waals surface area contributed by atoms with Crippen LogP contribution in [0.3, 0.4) is 0 Å². The second-order valence-electron chi connectivity index (χ2n) is 5.14. The van der Waals surface area contributed by atoms with Gasteiger partial charge in [0.05, 0.1) is 5.75 Å². The second-order valence-corrected chi connectivity index (χ2v) is 9.30. The first-order valence-corrected chi connectivity index (χ1v) is 9.97. The van der Waals surface area contributed by atoms with Gasteiger partial charge in [0.1, 0.15) is 10.7 Å². The third kappa shape index (κ3) is 3.32. The van der Waals surface area contributed by atoms with Gasteiger partial charge in [-0.2, -0.15) is 8.61 Å². The van der Waals surface area contributed by atoms with Crippen molar-refractivity contribution in [3.63, 3.8) is 0 Å². The molecule has 1 heterocycles. The average Bonchev–Trinajstić information content (AvgIpc) is 2.49. The molecule has 0 radical (unpaired) electrons. The summed E-state index contributed by atoms with van der Waals surface area (Å²) in [7, 11) is -7.29. The summed E-state index contributed by atoms with van der Waals surface area (Å²) in [5, 5.41) is 0. The van der Waals surface area contributed by atoms with E-state index in [1.807, 2.05) is 0 Å². The van der Waals surface area contributed by atoms with Crippen molar-refractivity contribution in [3.8, 4) is 0 Å². The molecule has 0 aliphatic carbocycles. The Bertz CT molecular complexity index is 754. The van der Waals surface area contributed by atoms with Crippen molar-refractivity contribution in [2.75, 3.05) is 31.9 Å². The van der Waals surface area contributed by atoms with Crippen molar-refractivity contribution in [2.45, 2.75) is 18.7 Å². The normalized spacial score (nSPS) is 18.5. The molecule has 0 N–H and O–H groups in total. The van der Waals surface area contributed by atoms with Gasteiger partial charge in [0.2, 0.25) is 20.0 Å². The second kappa shape index (κ2) is 6.23. The Morgan fingerprint density at radius 1 is 1.05 bits per heavy atom. The van der Waals surface area contributed by atoms with Crippen LogP contribution < -0.4 is 0 Å². The van der Waals surface area contributed by atoms with Crippen molar-refractivity contribution < 1.29 is 21.2 Å². The number of hydrogen-bond acceptors (Lipinski definition) is 4. The lowest BCUT2D eigenvalue weighted by molar-refractivity contribution is 0.272. The highest BCUT2D eigenvalue weighted by molar-refractivity contribution is 7.89. The number of rotatable bonds is 4. The molecule has 0 atom stereocenters. The van der Waals surface area contributed by atoms with E-state index in [1.165, 1.54) is 16.4 Å². The topological polar surface area (TPSA) is 74.8 Å². The molecule has 2 rings (SSSR count). The highest BCUT2D eigenvalue weighted by Gasteiger charge is 2.33. The van der Waals surface area contributed by atoms with Gasteiger partial charge in [-0.25, -0.2) is 21.2 Å². The van der Waals surface area contributed by atoms with Crippen molar-refractivity contribution in [1.82, 2.24) is 8.61 Å². The highest BCUT2D eigenvalue weighted by Crippen LogP contribution is 2.22. The van der Waals surface area contributed by atoms with Crippen LogP contribution in [0.2, 0.25) is 0 Å². The molecule has 1 aromatic rings. The molecular formula is C13H19FN2O4S2. The van der Waals surface area contributed by atoms with Crippen LogP contribution in [0.1, 0.15) is 12.5 Å². The van der Waals surface area contributed by atoms with Crippen LogP contribution in [0.5, 0.6) is 0 Å². The Morgan fingerprint density at radius 3 is 2.14 bits per heavy atom. The van der Waals surface area contributed by atoms with E-state index in [2.05, 4.69) is 0 Å². The number of halogens is 1. The van der Waals surface area contributed by atoms with Crippen LogP contribution in [0, 0.1) is 12.7 Å². The van der Waals surface area contributed by atoms with Gasteiger partial charge in [-0.15, -0.1) is 0 Å². The Kier molecular flexibility index (Phi) is 4.90. The molecule has 0 saturated carbocycles. The maximum atomic E-state index is 13.8. The molecule has 1 aliphatic heterocycles. The Hall–Kier alpha value is -1.03. The number of aryl methyl sites for hydroxylation is 1. The molecule has 0 spiro atoms. The van der Waals surface area contributed by atoms with E-state index in [0.29, 0.717) is 5.56 Å². The van der Waals surface area contributed by atoms with Crippen LogP contribution in [0.15, 0.2) is 23.1 Å². The Balaban J connectivity index is 2.22. The van der Waals surface area contributed by atoms with Gasteiger partial charge in [-0.1, -0.05) is 6.07 Å². The van der Waals surface area contributed by atoms with Gasteiger partial charge in [0.15, 0.2) is 0 Å². The smallest absolute Gasteiger partial charge is 0.212 e. The van der Waals surface area contributed by atoms with Gasteiger partial charge in [0, 0.05) is 26.2 Å². The fraction of sp³-hybridized carbons (Fsp3) is 0.538. The minimum absolute atomic E-state index is 0.0216. The zero-order valence-corrected chi connectivity index (χ0v) is 14.1. The number of nitrogens with zero attached hydrogens (tertiary/aromatic N) is 2. The lowest BCUT2D eigenvalue weighted by Crippen LogP contribution is -2.50. The number of benzene rings is 1. The Morgan fingerprint density at radius 2 is 1.59 bits per heavy atom. The molecule has 1 saturated heterocycles. The summed E-state index contributed by atoms with van der Waals surface area (Å²) < 4.78 is 64.8. The maximum Gasteiger partial charge on any atom is 0.246 e. The SMILES string of the molecule is CCS(=O)(=O)N1CCN(S(=O)(=O)c2cc(C)ccc2F)CC1. The molecule has 0 unspecified atom stereocenters. The van der Waals surface area contributed by atoms with Crippen LogP contribution in [0.4, 0.5) is 4.39 Å². The summed E-state index contributed by atoms with van der Waals surface area (Å²) >= 11 is 0. The van der Waals surface area contributed by atoms with Gasteiger partial charge in [-0.3, -0.25) is 0 Å². The Labute approximate surface area is 130 Å². The van der Waals surface area contributed by atoms with Gasteiger partial charge >= 0.3 is 0 Å². The summed E-state index contributed by atoms with van der Waals surface area (Å²) in [6, 6.07) is 3.92. The monoisotopic (exact) mass is 350 g/mol. The summed E-state index contributed by atoms with van der Waals surface area (Å²) in [6.45, 7) is 3.44. The zero-order chi connectivity index (χ0) is 16.5. The molecular weight excluding hydrogens is 331 g/mol.